The largest absolute Gasteiger partial charge is 0.496 e. The van der Waals surface area contributed by atoms with Crippen molar-refractivity contribution in [1.82, 2.24) is 0 Å². The lowest BCUT2D eigenvalue weighted by Crippen LogP contribution is -2.04. The summed E-state index contributed by atoms with van der Waals surface area (Å²) in [5.41, 5.74) is 0.343. The van der Waals surface area contributed by atoms with Crippen molar-refractivity contribution in [2.45, 2.75) is 11.8 Å². The monoisotopic (exact) mass is 378 g/mol. The number of hydrogen-bond donors (Lipinski definition) is 0. The summed E-state index contributed by atoms with van der Waals surface area (Å²) in [6.45, 7) is 0. The Morgan fingerprint density at radius 3 is 2.33 bits per heavy atom. The first-order valence-electron chi connectivity index (χ1n) is 6.04. The van der Waals surface area contributed by atoms with Crippen molar-refractivity contribution in [3.8, 4) is 5.75 Å². The highest BCUT2D eigenvalue weighted by Crippen LogP contribution is 2.36. The summed E-state index contributed by atoms with van der Waals surface area (Å²) in [6, 6.07) is 6.24. The number of ether oxygens (including phenoxy) is 1. The van der Waals surface area contributed by atoms with E-state index >= 15 is 0 Å². The Balaban J connectivity index is 2.37. The SMILES string of the molecule is COc1cc(F)c(Br)cc1C(Cl)Cc1c(F)cccc1F. The van der Waals surface area contributed by atoms with Crippen LogP contribution in [-0.4, -0.2) is 7.11 Å². The maximum absolute atomic E-state index is 13.7. The van der Waals surface area contributed by atoms with Crippen molar-refractivity contribution < 1.29 is 17.9 Å². The summed E-state index contributed by atoms with van der Waals surface area (Å²) in [6.07, 6.45) is -0.0749. The number of hydrogen-bond acceptors (Lipinski definition) is 1. The van der Waals surface area contributed by atoms with Gasteiger partial charge < -0.3 is 4.74 Å². The predicted molar refractivity (Wildman–Crippen MR) is 79.3 cm³/mol. The van der Waals surface area contributed by atoms with Crippen LogP contribution >= 0.6 is 27.5 Å². The van der Waals surface area contributed by atoms with Crippen LogP contribution in [0.4, 0.5) is 13.2 Å². The Kier molecular flexibility index (Phi) is 5.17. The van der Waals surface area contributed by atoms with Crippen LogP contribution in [0.3, 0.4) is 0 Å². The highest BCUT2D eigenvalue weighted by molar-refractivity contribution is 9.10. The van der Waals surface area contributed by atoms with E-state index in [-0.39, 0.29) is 22.2 Å². The fourth-order valence-electron chi connectivity index (χ4n) is 1.98. The lowest BCUT2D eigenvalue weighted by Gasteiger charge is -2.15. The second-order valence-corrected chi connectivity index (χ2v) is 5.76. The quantitative estimate of drug-likeness (QED) is 0.647. The van der Waals surface area contributed by atoms with E-state index in [1.165, 1.54) is 37.4 Å². The van der Waals surface area contributed by atoms with Gasteiger partial charge in [-0.2, -0.15) is 0 Å². The molecule has 0 aliphatic carbocycles. The topological polar surface area (TPSA) is 9.23 Å². The first-order valence-corrected chi connectivity index (χ1v) is 7.27. The third-order valence-corrected chi connectivity index (χ3v) is 4.05. The minimum atomic E-state index is -0.761. The second-order valence-electron chi connectivity index (χ2n) is 4.38. The molecule has 0 fully saturated rings. The fraction of sp³-hybridized carbons (Fsp3) is 0.200. The fourth-order valence-corrected chi connectivity index (χ4v) is 2.67. The van der Waals surface area contributed by atoms with Crippen molar-refractivity contribution in [2.24, 2.45) is 0 Å². The molecule has 0 aliphatic heterocycles. The van der Waals surface area contributed by atoms with Gasteiger partial charge in [0.15, 0.2) is 0 Å². The van der Waals surface area contributed by atoms with E-state index in [0.29, 0.717) is 5.56 Å². The van der Waals surface area contributed by atoms with Crippen LogP contribution in [0.15, 0.2) is 34.8 Å². The van der Waals surface area contributed by atoms with Gasteiger partial charge in [0, 0.05) is 17.2 Å². The Bertz CT molecular complexity index is 643. The number of rotatable bonds is 4. The molecule has 0 radical (unpaired) electrons. The molecular weight excluding hydrogens is 369 g/mol. The maximum atomic E-state index is 13.7. The van der Waals surface area contributed by atoms with E-state index in [1.807, 2.05) is 0 Å². The molecule has 2 aromatic carbocycles. The minimum Gasteiger partial charge on any atom is -0.496 e. The second kappa shape index (κ2) is 6.71. The van der Waals surface area contributed by atoms with Crippen LogP contribution in [0.5, 0.6) is 5.75 Å². The molecule has 1 atom stereocenters. The molecule has 0 N–H and O–H groups in total. The Morgan fingerprint density at radius 1 is 1.14 bits per heavy atom. The van der Waals surface area contributed by atoms with Crippen molar-refractivity contribution in [3.05, 3.63) is 63.4 Å². The molecule has 0 aliphatic rings. The maximum Gasteiger partial charge on any atom is 0.141 e. The molecule has 2 aromatic rings. The molecule has 1 nitrogen and oxygen atoms in total. The van der Waals surface area contributed by atoms with Gasteiger partial charge in [0.05, 0.1) is 17.0 Å². The molecule has 21 heavy (non-hydrogen) atoms. The van der Waals surface area contributed by atoms with Crippen molar-refractivity contribution in [3.63, 3.8) is 0 Å². The van der Waals surface area contributed by atoms with E-state index in [9.17, 15) is 13.2 Å². The third-order valence-electron chi connectivity index (χ3n) is 3.06. The molecule has 1 unspecified atom stereocenters. The van der Waals surface area contributed by atoms with Gasteiger partial charge >= 0.3 is 0 Å². The van der Waals surface area contributed by atoms with Gasteiger partial charge in [-0.25, -0.2) is 13.2 Å². The summed E-state index contributed by atoms with van der Waals surface area (Å²) in [4.78, 5) is 0. The third kappa shape index (κ3) is 3.52. The summed E-state index contributed by atoms with van der Waals surface area (Å²) in [5, 5.41) is -0.761. The van der Waals surface area contributed by atoms with Gasteiger partial charge in [-0.15, -0.1) is 11.6 Å². The molecule has 2 rings (SSSR count). The van der Waals surface area contributed by atoms with E-state index in [2.05, 4.69) is 15.9 Å². The average Bonchev–Trinajstić information content (AvgIpc) is 2.45. The normalized spacial score (nSPS) is 12.3. The first kappa shape index (κ1) is 16.2. The standard InChI is InChI=1S/C15H11BrClF3O/c1-21-15-7-14(20)10(16)5-8(15)11(17)6-9-12(18)3-2-4-13(9)19/h2-5,7,11H,6H2,1H3. The van der Waals surface area contributed by atoms with Crippen LogP contribution in [0.25, 0.3) is 0 Å². The lowest BCUT2D eigenvalue weighted by molar-refractivity contribution is 0.404. The summed E-state index contributed by atoms with van der Waals surface area (Å²) in [5.74, 6) is -1.61. The van der Waals surface area contributed by atoms with E-state index < -0.39 is 22.8 Å². The van der Waals surface area contributed by atoms with Gasteiger partial charge in [0.25, 0.3) is 0 Å². The Labute approximate surface area is 133 Å². The summed E-state index contributed by atoms with van der Waals surface area (Å²) >= 11 is 9.29. The number of alkyl halides is 1. The van der Waals surface area contributed by atoms with E-state index in [0.717, 1.165) is 0 Å². The van der Waals surface area contributed by atoms with Crippen LogP contribution in [0.1, 0.15) is 16.5 Å². The molecule has 6 heteroatoms. The molecule has 112 valence electrons. The smallest absolute Gasteiger partial charge is 0.141 e. The Hall–Kier alpha value is -1.20. The van der Waals surface area contributed by atoms with E-state index in [4.69, 9.17) is 16.3 Å². The molecule has 0 amide bonds. The molecule has 0 spiro atoms. The zero-order valence-corrected chi connectivity index (χ0v) is 13.3. The minimum absolute atomic E-state index is 0.0749. The zero-order chi connectivity index (χ0) is 15.6. The lowest BCUT2D eigenvalue weighted by atomic mass is 10.0. The van der Waals surface area contributed by atoms with Gasteiger partial charge in [-0.05, 0) is 40.5 Å². The van der Waals surface area contributed by atoms with Crippen molar-refractivity contribution in [1.29, 1.82) is 0 Å². The van der Waals surface area contributed by atoms with Gasteiger partial charge in [0.1, 0.15) is 23.2 Å². The number of halogens is 5. The predicted octanol–water partition coefficient (Wildman–Crippen LogP) is 5.40. The molecule has 0 saturated carbocycles. The zero-order valence-electron chi connectivity index (χ0n) is 11.0. The molecule has 0 saturated heterocycles. The van der Waals surface area contributed by atoms with Gasteiger partial charge in [-0.3, -0.25) is 0 Å². The van der Waals surface area contributed by atoms with Crippen molar-refractivity contribution >= 4 is 27.5 Å². The molecular formula is C15H11BrClF3O. The highest BCUT2D eigenvalue weighted by atomic mass is 79.9. The summed E-state index contributed by atoms with van der Waals surface area (Å²) < 4.78 is 46.1. The molecule has 0 aromatic heterocycles. The van der Waals surface area contributed by atoms with Crippen molar-refractivity contribution in [2.75, 3.05) is 7.11 Å². The van der Waals surface area contributed by atoms with Crippen LogP contribution < -0.4 is 4.74 Å². The van der Waals surface area contributed by atoms with E-state index in [1.54, 1.807) is 0 Å². The Morgan fingerprint density at radius 2 is 1.76 bits per heavy atom. The van der Waals surface area contributed by atoms with Crippen LogP contribution in [0, 0.1) is 17.5 Å². The number of methoxy groups -OCH3 is 1. The van der Waals surface area contributed by atoms with Gasteiger partial charge in [0.2, 0.25) is 0 Å². The van der Waals surface area contributed by atoms with Crippen LogP contribution in [-0.2, 0) is 6.42 Å². The summed E-state index contributed by atoms with van der Waals surface area (Å²) in [7, 11) is 1.37. The molecule has 0 heterocycles. The van der Waals surface area contributed by atoms with Gasteiger partial charge in [-0.1, -0.05) is 6.07 Å². The number of benzene rings is 2. The average molecular weight is 380 g/mol. The first-order chi connectivity index (χ1) is 9.93. The van der Waals surface area contributed by atoms with Crippen LogP contribution in [0.2, 0.25) is 0 Å². The molecule has 0 bridgehead atoms. The highest BCUT2D eigenvalue weighted by Gasteiger charge is 2.20.